The minimum atomic E-state index is 0.531. The maximum absolute atomic E-state index is 8.89. The van der Waals surface area contributed by atoms with Gasteiger partial charge in [0.25, 0.3) is 0 Å². The van der Waals surface area contributed by atoms with Gasteiger partial charge in [-0.2, -0.15) is 5.26 Å². The molecule has 2 rings (SSSR count). The molecule has 2 heterocycles. The lowest BCUT2D eigenvalue weighted by Crippen LogP contribution is -2.33. The molecule has 0 amide bonds. The summed E-state index contributed by atoms with van der Waals surface area (Å²) in [4.78, 5) is 6.71. The largest absolute Gasteiger partial charge is 0.354 e. The SMILES string of the molecule is CC1CCCCCN1c1cc(C#N)ccn1. The summed E-state index contributed by atoms with van der Waals surface area (Å²) >= 11 is 0. The molecule has 1 unspecified atom stereocenters. The molecule has 1 aromatic heterocycles. The Kier molecular flexibility index (Phi) is 3.40. The molecule has 3 nitrogen and oxygen atoms in total. The molecule has 0 aliphatic carbocycles. The molecule has 16 heavy (non-hydrogen) atoms. The second-order valence-corrected chi connectivity index (χ2v) is 4.41. The van der Waals surface area contributed by atoms with Crippen molar-refractivity contribution >= 4 is 5.82 Å². The molecular formula is C13H17N3. The lowest BCUT2D eigenvalue weighted by molar-refractivity contribution is 0.611. The molecule has 84 valence electrons. The standard InChI is InChI=1S/C13H17N3/c1-11-5-3-2-4-8-16(11)13-9-12(10-14)6-7-15-13/h6-7,9,11H,2-5,8H2,1H3. The van der Waals surface area contributed by atoms with Gasteiger partial charge in [-0.3, -0.25) is 0 Å². The van der Waals surface area contributed by atoms with Crippen molar-refractivity contribution in [1.82, 2.24) is 4.98 Å². The van der Waals surface area contributed by atoms with Gasteiger partial charge in [0.1, 0.15) is 5.82 Å². The van der Waals surface area contributed by atoms with Gasteiger partial charge >= 0.3 is 0 Å². The smallest absolute Gasteiger partial charge is 0.130 e. The van der Waals surface area contributed by atoms with Crippen LogP contribution in [-0.4, -0.2) is 17.6 Å². The lowest BCUT2D eigenvalue weighted by atomic mass is 10.1. The molecule has 1 saturated heterocycles. The monoisotopic (exact) mass is 215 g/mol. The number of hydrogen-bond acceptors (Lipinski definition) is 3. The molecule has 0 radical (unpaired) electrons. The van der Waals surface area contributed by atoms with Crippen LogP contribution < -0.4 is 4.90 Å². The number of nitriles is 1. The second kappa shape index (κ2) is 4.98. The van der Waals surface area contributed by atoms with Crippen LogP contribution in [0.15, 0.2) is 18.3 Å². The average Bonchev–Trinajstić information content (AvgIpc) is 2.54. The maximum Gasteiger partial charge on any atom is 0.130 e. The van der Waals surface area contributed by atoms with Crippen molar-refractivity contribution in [3.05, 3.63) is 23.9 Å². The van der Waals surface area contributed by atoms with Gasteiger partial charge in [0, 0.05) is 18.8 Å². The summed E-state index contributed by atoms with van der Waals surface area (Å²) in [5.74, 6) is 0.952. The Bertz CT molecular complexity index is 394. The molecule has 0 spiro atoms. The van der Waals surface area contributed by atoms with E-state index in [1.165, 1.54) is 25.7 Å². The van der Waals surface area contributed by atoms with Gasteiger partial charge in [-0.15, -0.1) is 0 Å². The van der Waals surface area contributed by atoms with E-state index in [1.54, 1.807) is 12.3 Å². The fourth-order valence-electron chi connectivity index (χ4n) is 2.26. The molecule has 1 aliphatic heterocycles. The van der Waals surface area contributed by atoms with Crippen LogP contribution in [0.3, 0.4) is 0 Å². The first-order valence-electron chi connectivity index (χ1n) is 5.94. The fourth-order valence-corrected chi connectivity index (χ4v) is 2.26. The van der Waals surface area contributed by atoms with Crippen LogP contribution in [0.25, 0.3) is 0 Å². The summed E-state index contributed by atoms with van der Waals surface area (Å²) < 4.78 is 0. The van der Waals surface area contributed by atoms with Gasteiger partial charge in [-0.05, 0) is 31.9 Å². The molecule has 0 N–H and O–H groups in total. The van der Waals surface area contributed by atoms with Gasteiger partial charge in [0.2, 0.25) is 0 Å². The quantitative estimate of drug-likeness (QED) is 0.723. The molecule has 1 aromatic rings. The summed E-state index contributed by atoms with van der Waals surface area (Å²) in [5.41, 5.74) is 0.696. The van der Waals surface area contributed by atoms with E-state index < -0.39 is 0 Å². The van der Waals surface area contributed by atoms with Crippen LogP contribution in [0, 0.1) is 11.3 Å². The van der Waals surface area contributed by atoms with Gasteiger partial charge in [-0.25, -0.2) is 4.98 Å². The highest BCUT2D eigenvalue weighted by Crippen LogP contribution is 2.22. The van der Waals surface area contributed by atoms with Crippen LogP contribution >= 0.6 is 0 Å². The van der Waals surface area contributed by atoms with Gasteiger partial charge in [0.15, 0.2) is 0 Å². The van der Waals surface area contributed by atoms with Crippen LogP contribution in [0.1, 0.15) is 38.2 Å². The molecule has 0 bridgehead atoms. The van der Waals surface area contributed by atoms with Crippen molar-refractivity contribution in [2.75, 3.05) is 11.4 Å². The lowest BCUT2D eigenvalue weighted by Gasteiger charge is -2.28. The van der Waals surface area contributed by atoms with E-state index in [1.807, 2.05) is 6.07 Å². The molecular weight excluding hydrogens is 198 g/mol. The van der Waals surface area contributed by atoms with E-state index in [4.69, 9.17) is 5.26 Å². The third-order valence-corrected chi connectivity index (χ3v) is 3.22. The van der Waals surface area contributed by atoms with Crippen LogP contribution in [0.5, 0.6) is 0 Å². The highest BCUT2D eigenvalue weighted by molar-refractivity contribution is 5.45. The number of pyridine rings is 1. The molecule has 1 atom stereocenters. The van der Waals surface area contributed by atoms with Crippen molar-refractivity contribution in [1.29, 1.82) is 5.26 Å². The zero-order valence-electron chi connectivity index (χ0n) is 9.69. The molecule has 3 heteroatoms. The van der Waals surface area contributed by atoms with E-state index in [0.717, 1.165) is 12.4 Å². The normalized spacial score (nSPS) is 21.2. The minimum absolute atomic E-state index is 0.531. The van der Waals surface area contributed by atoms with Crippen molar-refractivity contribution in [2.24, 2.45) is 0 Å². The van der Waals surface area contributed by atoms with Gasteiger partial charge in [0.05, 0.1) is 11.6 Å². The third kappa shape index (κ3) is 2.33. The zero-order valence-corrected chi connectivity index (χ0v) is 9.69. The number of nitrogens with zero attached hydrogens (tertiary/aromatic N) is 3. The summed E-state index contributed by atoms with van der Waals surface area (Å²) in [6.45, 7) is 3.30. The second-order valence-electron chi connectivity index (χ2n) is 4.41. The fraction of sp³-hybridized carbons (Fsp3) is 0.538. The molecule has 0 aromatic carbocycles. The minimum Gasteiger partial charge on any atom is -0.354 e. The highest BCUT2D eigenvalue weighted by atomic mass is 15.2. The number of hydrogen-bond donors (Lipinski definition) is 0. The predicted octanol–water partition coefficient (Wildman–Crippen LogP) is 2.72. The van der Waals surface area contributed by atoms with E-state index in [2.05, 4.69) is 22.9 Å². The number of aromatic nitrogens is 1. The molecule has 1 aliphatic rings. The Hall–Kier alpha value is -1.56. The summed E-state index contributed by atoms with van der Waals surface area (Å²) in [6, 6.07) is 6.35. The molecule has 0 saturated carbocycles. The summed E-state index contributed by atoms with van der Waals surface area (Å²) in [5, 5.41) is 8.89. The van der Waals surface area contributed by atoms with E-state index >= 15 is 0 Å². The van der Waals surface area contributed by atoms with Crippen molar-refractivity contribution in [3.8, 4) is 6.07 Å². The van der Waals surface area contributed by atoms with Crippen LogP contribution in [-0.2, 0) is 0 Å². The van der Waals surface area contributed by atoms with Crippen molar-refractivity contribution < 1.29 is 0 Å². The maximum atomic E-state index is 8.89. The zero-order chi connectivity index (χ0) is 11.4. The van der Waals surface area contributed by atoms with Crippen LogP contribution in [0.2, 0.25) is 0 Å². The Morgan fingerprint density at radius 1 is 1.44 bits per heavy atom. The Morgan fingerprint density at radius 3 is 3.12 bits per heavy atom. The Morgan fingerprint density at radius 2 is 2.31 bits per heavy atom. The Balaban J connectivity index is 2.24. The summed E-state index contributed by atoms with van der Waals surface area (Å²) in [6.07, 6.45) is 6.78. The van der Waals surface area contributed by atoms with E-state index in [9.17, 15) is 0 Å². The van der Waals surface area contributed by atoms with E-state index in [0.29, 0.717) is 11.6 Å². The predicted molar refractivity (Wildman–Crippen MR) is 64.2 cm³/mol. The number of rotatable bonds is 1. The van der Waals surface area contributed by atoms with Gasteiger partial charge in [-0.1, -0.05) is 12.8 Å². The van der Waals surface area contributed by atoms with Crippen LogP contribution in [0.4, 0.5) is 5.82 Å². The number of anilines is 1. The first kappa shape index (κ1) is 10.9. The van der Waals surface area contributed by atoms with Gasteiger partial charge < -0.3 is 4.90 Å². The average molecular weight is 215 g/mol. The summed E-state index contributed by atoms with van der Waals surface area (Å²) in [7, 11) is 0. The topological polar surface area (TPSA) is 39.9 Å². The van der Waals surface area contributed by atoms with Crippen molar-refractivity contribution in [2.45, 2.75) is 38.6 Å². The molecule has 1 fully saturated rings. The Labute approximate surface area is 96.7 Å². The highest BCUT2D eigenvalue weighted by Gasteiger charge is 2.18. The third-order valence-electron chi connectivity index (χ3n) is 3.22. The first-order valence-corrected chi connectivity index (χ1v) is 5.94. The first-order chi connectivity index (χ1) is 7.81. The van der Waals surface area contributed by atoms with Crippen molar-refractivity contribution in [3.63, 3.8) is 0 Å². The van der Waals surface area contributed by atoms with E-state index in [-0.39, 0.29) is 0 Å².